The van der Waals surface area contributed by atoms with Crippen molar-refractivity contribution in [2.45, 2.75) is 73.8 Å². The summed E-state index contributed by atoms with van der Waals surface area (Å²) in [5.74, 6) is -0.0289. The first kappa shape index (κ1) is 22.9. The molecule has 1 aliphatic carbocycles. The standard InChI is InChI=1S/C21H29ClN2O6S/c22-14-3-1-6-18(9-14)31(27,28)24-11-16(25)12-29-13-20-19(24)8-7-17(30-20)10-21(26)23-15-4-2-5-15/h1,3,6,9,15-17,19-20,25H,2,4-5,7-8,10-13H2,(H,23,26)/t16-,17+,19+,20-/m0/s1. The smallest absolute Gasteiger partial charge is 0.243 e. The van der Waals surface area contributed by atoms with E-state index in [1.54, 1.807) is 12.1 Å². The molecule has 3 fully saturated rings. The minimum Gasteiger partial charge on any atom is -0.389 e. The average molecular weight is 473 g/mol. The van der Waals surface area contributed by atoms with Gasteiger partial charge in [-0.3, -0.25) is 4.79 Å². The molecule has 3 aliphatic rings. The highest BCUT2D eigenvalue weighted by Crippen LogP contribution is 2.32. The van der Waals surface area contributed by atoms with E-state index in [9.17, 15) is 18.3 Å². The van der Waals surface area contributed by atoms with Gasteiger partial charge in [-0.1, -0.05) is 17.7 Å². The molecule has 172 valence electrons. The molecule has 4 atom stereocenters. The second-order valence-electron chi connectivity index (χ2n) is 8.56. The van der Waals surface area contributed by atoms with Crippen molar-refractivity contribution in [3.05, 3.63) is 29.3 Å². The van der Waals surface area contributed by atoms with E-state index in [1.165, 1.54) is 16.4 Å². The Morgan fingerprint density at radius 1 is 1.23 bits per heavy atom. The number of benzene rings is 1. The Hall–Kier alpha value is -1.23. The fourth-order valence-electron chi connectivity index (χ4n) is 4.38. The van der Waals surface area contributed by atoms with E-state index < -0.39 is 28.3 Å². The molecule has 8 nitrogen and oxygen atoms in total. The summed E-state index contributed by atoms with van der Waals surface area (Å²) in [5, 5.41) is 13.6. The first-order valence-corrected chi connectivity index (χ1v) is 12.6. The van der Waals surface area contributed by atoms with Crippen LogP contribution < -0.4 is 5.32 Å². The summed E-state index contributed by atoms with van der Waals surface area (Å²) in [6, 6.07) is 5.88. The molecule has 4 rings (SSSR count). The third-order valence-corrected chi connectivity index (χ3v) is 8.34. The number of hydrogen-bond acceptors (Lipinski definition) is 6. The van der Waals surface area contributed by atoms with Crippen LogP contribution in [0, 0.1) is 0 Å². The molecule has 2 aliphatic heterocycles. The fourth-order valence-corrected chi connectivity index (χ4v) is 6.40. The molecule has 2 saturated heterocycles. The van der Waals surface area contributed by atoms with E-state index in [4.69, 9.17) is 21.1 Å². The third-order valence-electron chi connectivity index (χ3n) is 6.22. The highest BCUT2D eigenvalue weighted by atomic mass is 35.5. The number of hydrogen-bond donors (Lipinski definition) is 2. The van der Waals surface area contributed by atoms with Crippen LogP contribution in [0.5, 0.6) is 0 Å². The maximum absolute atomic E-state index is 13.4. The minimum atomic E-state index is -3.91. The summed E-state index contributed by atoms with van der Waals surface area (Å²) in [5.41, 5.74) is 0. The maximum Gasteiger partial charge on any atom is 0.243 e. The third kappa shape index (κ3) is 5.40. The van der Waals surface area contributed by atoms with Gasteiger partial charge in [0.05, 0.1) is 48.9 Å². The van der Waals surface area contributed by atoms with Gasteiger partial charge in [0.2, 0.25) is 15.9 Å². The number of carbonyl (C=O) groups excluding carboxylic acids is 1. The minimum absolute atomic E-state index is 0.0149. The number of nitrogens with zero attached hydrogens (tertiary/aromatic N) is 1. The Kier molecular flexibility index (Phi) is 7.20. The molecule has 0 bridgehead atoms. The molecule has 1 saturated carbocycles. The van der Waals surface area contributed by atoms with Crippen LogP contribution in [-0.2, 0) is 24.3 Å². The number of aliphatic hydroxyl groups excluding tert-OH is 1. The number of sulfonamides is 1. The lowest BCUT2D eigenvalue weighted by Gasteiger charge is -2.43. The summed E-state index contributed by atoms with van der Waals surface area (Å²) >= 11 is 6.02. The van der Waals surface area contributed by atoms with Crippen molar-refractivity contribution in [2.75, 3.05) is 19.8 Å². The summed E-state index contributed by atoms with van der Waals surface area (Å²) in [4.78, 5) is 12.4. The topological polar surface area (TPSA) is 105 Å². The van der Waals surface area contributed by atoms with Gasteiger partial charge in [0.1, 0.15) is 0 Å². The Balaban J connectivity index is 1.49. The molecule has 1 amide bonds. The molecule has 0 aromatic heterocycles. The van der Waals surface area contributed by atoms with Gasteiger partial charge < -0.3 is 19.9 Å². The number of β-amino-alcohol motifs (C(OH)–C–C–N with tert-alkyl or cyclic N) is 1. The number of nitrogens with one attached hydrogen (secondary N) is 1. The molecule has 2 N–H and O–H groups in total. The molecule has 31 heavy (non-hydrogen) atoms. The number of fused-ring (bicyclic) bond motifs is 1. The van der Waals surface area contributed by atoms with Gasteiger partial charge in [-0.05, 0) is 50.3 Å². The zero-order valence-corrected chi connectivity index (χ0v) is 18.9. The number of amides is 1. The zero-order chi connectivity index (χ0) is 22.0. The summed E-state index contributed by atoms with van der Waals surface area (Å²) < 4.78 is 39.9. The Labute approximate surface area is 187 Å². The van der Waals surface area contributed by atoms with Crippen molar-refractivity contribution in [1.29, 1.82) is 0 Å². The van der Waals surface area contributed by atoms with Crippen LogP contribution in [0.2, 0.25) is 5.02 Å². The van der Waals surface area contributed by atoms with Gasteiger partial charge in [-0.25, -0.2) is 8.42 Å². The second-order valence-corrected chi connectivity index (χ2v) is 10.9. The fraction of sp³-hybridized carbons (Fsp3) is 0.667. The van der Waals surface area contributed by atoms with Crippen molar-refractivity contribution < 1.29 is 27.8 Å². The van der Waals surface area contributed by atoms with Crippen molar-refractivity contribution in [3.8, 4) is 0 Å². The molecule has 0 radical (unpaired) electrons. The van der Waals surface area contributed by atoms with Gasteiger partial charge in [0, 0.05) is 17.6 Å². The SMILES string of the molecule is O=C(C[C@H]1CC[C@@H]2[C@H](COC[C@@H](O)CN2S(=O)(=O)c2cccc(Cl)c2)O1)NC1CCC1. The van der Waals surface area contributed by atoms with E-state index in [0.717, 1.165) is 19.3 Å². The lowest BCUT2D eigenvalue weighted by atomic mass is 9.92. The number of aliphatic hydroxyl groups is 1. The summed E-state index contributed by atoms with van der Waals surface area (Å²) in [6.45, 7) is 0.0806. The summed E-state index contributed by atoms with van der Waals surface area (Å²) in [6.07, 6.45) is 2.77. The number of ether oxygens (including phenoxy) is 2. The summed E-state index contributed by atoms with van der Waals surface area (Å²) in [7, 11) is -3.91. The predicted molar refractivity (Wildman–Crippen MR) is 114 cm³/mol. The van der Waals surface area contributed by atoms with Gasteiger partial charge in [-0.15, -0.1) is 0 Å². The molecule has 0 spiro atoms. The maximum atomic E-state index is 13.4. The molecule has 1 aromatic carbocycles. The number of carbonyl (C=O) groups is 1. The Bertz CT molecular complexity index is 894. The van der Waals surface area contributed by atoms with Gasteiger partial charge in [-0.2, -0.15) is 4.31 Å². The molecule has 0 unspecified atom stereocenters. The normalized spacial score (nSPS) is 30.5. The zero-order valence-electron chi connectivity index (χ0n) is 17.3. The van der Waals surface area contributed by atoms with E-state index in [0.29, 0.717) is 17.9 Å². The van der Waals surface area contributed by atoms with E-state index >= 15 is 0 Å². The van der Waals surface area contributed by atoms with Gasteiger partial charge in [0.15, 0.2) is 0 Å². The van der Waals surface area contributed by atoms with Crippen molar-refractivity contribution in [3.63, 3.8) is 0 Å². The molecule has 10 heteroatoms. The first-order valence-electron chi connectivity index (χ1n) is 10.8. The van der Waals surface area contributed by atoms with Crippen molar-refractivity contribution in [1.82, 2.24) is 9.62 Å². The van der Waals surface area contributed by atoms with E-state index in [-0.39, 0.29) is 49.1 Å². The van der Waals surface area contributed by atoms with E-state index in [1.807, 2.05) is 0 Å². The molecular weight excluding hydrogens is 444 g/mol. The van der Waals surface area contributed by atoms with Crippen LogP contribution in [-0.4, -0.2) is 73.9 Å². The quantitative estimate of drug-likeness (QED) is 0.675. The number of halogens is 1. The van der Waals surface area contributed by atoms with Crippen LogP contribution in [0.15, 0.2) is 29.2 Å². The van der Waals surface area contributed by atoms with E-state index in [2.05, 4.69) is 5.32 Å². The Morgan fingerprint density at radius 2 is 2.03 bits per heavy atom. The van der Waals surface area contributed by atoms with Crippen LogP contribution in [0.3, 0.4) is 0 Å². The molecular formula is C21H29ClN2O6S. The largest absolute Gasteiger partial charge is 0.389 e. The van der Waals surface area contributed by atoms with Crippen LogP contribution in [0.4, 0.5) is 0 Å². The second kappa shape index (κ2) is 9.72. The molecule has 1 aromatic rings. The average Bonchev–Trinajstić information content (AvgIpc) is 2.68. The molecule has 2 heterocycles. The lowest BCUT2D eigenvalue weighted by molar-refractivity contribution is -0.147. The predicted octanol–water partition coefficient (Wildman–Crippen LogP) is 1.70. The monoisotopic (exact) mass is 472 g/mol. The lowest BCUT2D eigenvalue weighted by Crippen LogP contribution is -2.57. The van der Waals surface area contributed by atoms with Crippen molar-refractivity contribution >= 4 is 27.5 Å². The van der Waals surface area contributed by atoms with Crippen LogP contribution >= 0.6 is 11.6 Å². The highest BCUT2D eigenvalue weighted by molar-refractivity contribution is 7.89. The highest BCUT2D eigenvalue weighted by Gasteiger charge is 2.43. The first-order chi connectivity index (χ1) is 14.8. The van der Waals surface area contributed by atoms with Gasteiger partial charge >= 0.3 is 0 Å². The van der Waals surface area contributed by atoms with Crippen LogP contribution in [0.25, 0.3) is 0 Å². The van der Waals surface area contributed by atoms with Crippen molar-refractivity contribution in [2.24, 2.45) is 0 Å². The van der Waals surface area contributed by atoms with Gasteiger partial charge in [0.25, 0.3) is 0 Å². The number of rotatable bonds is 5. The Morgan fingerprint density at radius 3 is 2.74 bits per heavy atom. The van der Waals surface area contributed by atoms with Crippen LogP contribution in [0.1, 0.15) is 38.5 Å².